The van der Waals surface area contributed by atoms with E-state index in [0.29, 0.717) is 17.5 Å². The van der Waals surface area contributed by atoms with Crippen LogP contribution < -0.4 is 26.2 Å². The first-order valence-electron chi connectivity index (χ1n) is 31.2. The molecule has 5 nitrogen and oxygen atoms in total. The molecule has 18 rings (SSSR count). The van der Waals surface area contributed by atoms with E-state index in [2.05, 4.69) is 337 Å². The van der Waals surface area contributed by atoms with E-state index in [0.717, 1.165) is 95.3 Å². The highest BCUT2D eigenvalue weighted by Crippen LogP contribution is 2.48. The molecule has 2 aliphatic rings. The van der Waals surface area contributed by atoms with Gasteiger partial charge in [0.25, 0.3) is 6.71 Å². The van der Waals surface area contributed by atoms with Gasteiger partial charge in [-0.3, -0.25) is 0 Å². The predicted octanol–water partition coefficient (Wildman–Crippen LogP) is 20.2. The van der Waals surface area contributed by atoms with Crippen molar-refractivity contribution in [2.45, 2.75) is 0 Å². The topological polar surface area (TPSA) is 45.2 Å². The number of para-hydroxylation sites is 2. The van der Waals surface area contributed by atoms with Crippen LogP contribution in [0.2, 0.25) is 0 Å². The lowest BCUT2D eigenvalue weighted by atomic mass is 9.33. The Morgan fingerprint density at radius 1 is 0.209 bits per heavy atom. The van der Waals surface area contributed by atoms with Crippen molar-refractivity contribution in [2.75, 3.05) is 9.80 Å². The summed E-state index contributed by atoms with van der Waals surface area (Å²) in [7, 11) is 0. The molecule has 0 aliphatic carbocycles. The van der Waals surface area contributed by atoms with Gasteiger partial charge in [0.2, 0.25) is 0 Å². The molecule has 0 amide bonds. The van der Waals surface area contributed by atoms with Gasteiger partial charge in [0, 0.05) is 50.8 Å². The summed E-state index contributed by atoms with van der Waals surface area (Å²) in [5.41, 5.74) is 21.5. The predicted molar refractivity (Wildman–Crippen MR) is 382 cm³/mol. The molecule has 0 saturated heterocycles. The Labute approximate surface area is 528 Å². The first-order valence-corrected chi connectivity index (χ1v) is 31.2. The highest BCUT2D eigenvalue weighted by atomic mass is 15.2. The highest BCUT2D eigenvalue weighted by molar-refractivity contribution is 7.00. The number of nitrogens with zero attached hydrogens (tertiary/aromatic N) is 5. The molecule has 0 unspecified atom stereocenters. The van der Waals surface area contributed by atoms with Gasteiger partial charge in [-0.15, -0.1) is 0 Å². The zero-order valence-electron chi connectivity index (χ0n) is 49.5. The molecule has 91 heavy (non-hydrogen) atoms. The molecule has 0 atom stereocenters. The van der Waals surface area contributed by atoms with Crippen molar-refractivity contribution >= 4 is 100 Å². The van der Waals surface area contributed by atoms with Crippen LogP contribution in [0.15, 0.2) is 328 Å². The third kappa shape index (κ3) is 8.98. The number of hydrogen-bond donors (Lipinski definition) is 0. The molecular weight excluding hydrogens is 1100 g/mol. The van der Waals surface area contributed by atoms with Crippen LogP contribution in [0.25, 0.3) is 122 Å². The van der Waals surface area contributed by atoms with E-state index in [1.54, 1.807) is 0 Å². The van der Waals surface area contributed by atoms with Crippen molar-refractivity contribution in [1.29, 1.82) is 0 Å². The lowest BCUT2D eigenvalue weighted by molar-refractivity contribution is 1.07. The summed E-state index contributed by atoms with van der Waals surface area (Å²) < 4.78 is 0. The molecule has 1 aromatic heterocycles. The lowest BCUT2D eigenvalue weighted by Gasteiger charge is -2.44. The molecule has 422 valence electrons. The maximum absolute atomic E-state index is 5.76. The SMILES string of the molecule is c1ccc(-c2cc(-c3ccccc3)cc(-c3nc(-c4cc(-c5ccccc5)cc(-c5ccccc5)c4)nc(-c4cc5c6c(c4)N(c4ccccc4)c4cc7ccc8ccccc8c7cc4B6c4cc6c(ccc7ccccc76)cc4N5c4ccccc4)n3)c2)cc1. The fourth-order valence-electron chi connectivity index (χ4n) is 14.3. The van der Waals surface area contributed by atoms with E-state index in [4.69, 9.17) is 15.0 Å². The van der Waals surface area contributed by atoms with Crippen LogP contribution in [0.1, 0.15) is 0 Å². The Morgan fingerprint density at radius 3 is 0.868 bits per heavy atom. The number of aromatic nitrogens is 3. The minimum Gasteiger partial charge on any atom is -0.311 e. The molecule has 3 heterocycles. The molecule has 0 spiro atoms. The minimum absolute atomic E-state index is 0.186. The fourth-order valence-corrected chi connectivity index (χ4v) is 14.3. The quantitative estimate of drug-likeness (QED) is 0.106. The van der Waals surface area contributed by atoms with Crippen molar-refractivity contribution < 1.29 is 0 Å². The van der Waals surface area contributed by atoms with Gasteiger partial charge in [0.15, 0.2) is 17.5 Å². The van der Waals surface area contributed by atoms with E-state index < -0.39 is 0 Å². The van der Waals surface area contributed by atoms with Gasteiger partial charge in [-0.2, -0.15) is 0 Å². The Bertz CT molecular complexity index is 5080. The zero-order chi connectivity index (χ0) is 59.9. The number of anilines is 6. The van der Waals surface area contributed by atoms with Crippen LogP contribution in [-0.2, 0) is 0 Å². The summed E-state index contributed by atoms with van der Waals surface area (Å²) >= 11 is 0. The van der Waals surface area contributed by atoms with E-state index in [1.165, 1.54) is 59.5 Å². The molecule has 6 heteroatoms. The molecule has 0 fully saturated rings. The maximum Gasteiger partial charge on any atom is 0.252 e. The summed E-state index contributed by atoms with van der Waals surface area (Å²) in [6.45, 7) is -0.186. The van der Waals surface area contributed by atoms with Gasteiger partial charge in [-0.25, -0.2) is 15.0 Å². The normalized spacial score (nSPS) is 12.3. The average molecular weight is 1160 g/mol. The van der Waals surface area contributed by atoms with Crippen LogP contribution in [0.3, 0.4) is 0 Å². The monoisotopic (exact) mass is 1160 g/mol. The number of rotatable bonds is 9. The Balaban J connectivity index is 0.957. The summed E-state index contributed by atoms with van der Waals surface area (Å²) in [4.78, 5) is 22.1. The largest absolute Gasteiger partial charge is 0.311 e. The maximum atomic E-state index is 5.76. The summed E-state index contributed by atoms with van der Waals surface area (Å²) in [6, 6.07) is 119. The van der Waals surface area contributed by atoms with Gasteiger partial charge >= 0.3 is 0 Å². The van der Waals surface area contributed by atoms with Crippen LogP contribution in [0.5, 0.6) is 0 Å². The number of hydrogen-bond acceptors (Lipinski definition) is 5. The van der Waals surface area contributed by atoms with Crippen molar-refractivity contribution in [3.8, 4) is 78.7 Å². The third-order valence-electron chi connectivity index (χ3n) is 18.5. The Hall–Kier alpha value is -12.0. The molecule has 0 N–H and O–H groups in total. The first kappa shape index (κ1) is 52.2. The van der Waals surface area contributed by atoms with E-state index in [-0.39, 0.29) is 6.71 Å². The number of fused-ring (bicyclic) bond motifs is 10. The molecule has 2 aliphatic heterocycles. The second kappa shape index (κ2) is 21.4. The summed E-state index contributed by atoms with van der Waals surface area (Å²) in [5.74, 6) is 1.69. The van der Waals surface area contributed by atoms with Gasteiger partial charge < -0.3 is 9.80 Å². The smallest absolute Gasteiger partial charge is 0.252 e. The molecular formula is C85H54BN5. The second-order valence-corrected chi connectivity index (χ2v) is 23.9. The van der Waals surface area contributed by atoms with Gasteiger partial charge in [0.1, 0.15) is 0 Å². The molecule has 0 saturated carbocycles. The summed E-state index contributed by atoms with van der Waals surface area (Å²) in [6.07, 6.45) is 0. The summed E-state index contributed by atoms with van der Waals surface area (Å²) in [5, 5.41) is 9.72. The molecule has 0 bridgehead atoms. The highest BCUT2D eigenvalue weighted by Gasteiger charge is 2.44. The Kier molecular flexibility index (Phi) is 12.3. The van der Waals surface area contributed by atoms with Crippen LogP contribution >= 0.6 is 0 Å². The van der Waals surface area contributed by atoms with E-state index in [9.17, 15) is 0 Å². The van der Waals surface area contributed by atoms with Gasteiger partial charge in [0.05, 0.1) is 0 Å². The van der Waals surface area contributed by atoms with E-state index in [1.807, 2.05) is 0 Å². The molecule has 16 aromatic rings. The van der Waals surface area contributed by atoms with Crippen molar-refractivity contribution in [3.63, 3.8) is 0 Å². The van der Waals surface area contributed by atoms with E-state index >= 15 is 0 Å². The van der Waals surface area contributed by atoms with Crippen molar-refractivity contribution in [1.82, 2.24) is 15.0 Å². The van der Waals surface area contributed by atoms with Crippen LogP contribution in [-0.4, -0.2) is 21.7 Å². The van der Waals surface area contributed by atoms with Gasteiger partial charge in [-0.05, 0) is 189 Å². The Morgan fingerprint density at radius 2 is 0.505 bits per heavy atom. The fraction of sp³-hybridized carbons (Fsp3) is 0. The van der Waals surface area contributed by atoms with Crippen molar-refractivity contribution in [3.05, 3.63) is 328 Å². The molecule has 0 radical (unpaired) electrons. The average Bonchev–Trinajstić information content (AvgIpc) is 0.763. The standard InChI is InChI=1S/C85H54BN5/c1-7-23-55(24-8-1)63-43-64(56-25-9-2-10-26-56)46-67(45-63)83-87-84(68-47-65(57-27-11-3-12-28-57)44-66(48-68)58-29-13-4-14-30-58)89-85(88-83)69-51-80-82-81(52-69)91(71-35-17-6-18-36-71)79-50-62-42-40-60-32-20-22-38-73(60)75(62)54-77(79)86(82)76-53-74-61(41-39-59-31-19-21-37-72(59)74)49-78(76)90(80)70-33-15-5-16-34-70/h1-54H. The van der Waals surface area contributed by atoms with Crippen LogP contribution in [0.4, 0.5) is 34.1 Å². The molecule has 15 aromatic carbocycles. The second-order valence-electron chi connectivity index (χ2n) is 23.9. The number of benzene rings is 15. The van der Waals surface area contributed by atoms with Crippen molar-refractivity contribution in [2.24, 2.45) is 0 Å². The third-order valence-corrected chi connectivity index (χ3v) is 18.5. The lowest BCUT2D eigenvalue weighted by Crippen LogP contribution is -2.61. The van der Waals surface area contributed by atoms with Gasteiger partial charge in [-0.1, -0.05) is 243 Å². The van der Waals surface area contributed by atoms with Crippen LogP contribution in [0, 0.1) is 0 Å². The zero-order valence-corrected chi connectivity index (χ0v) is 49.5. The first-order chi connectivity index (χ1) is 45.1. The minimum atomic E-state index is -0.186.